The largest absolute Gasteiger partial charge is 0.378 e. The lowest BCUT2D eigenvalue weighted by molar-refractivity contribution is 0.104. The van der Waals surface area contributed by atoms with E-state index in [-0.39, 0.29) is 0 Å². The number of hydrogen-bond acceptors (Lipinski definition) is 2. The molecule has 0 amide bonds. The normalized spacial score (nSPS) is 31.6. The molecule has 0 radical (unpaired) electrons. The third kappa shape index (κ3) is 2.88. The molecule has 1 heterocycles. The van der Waals surface area contributed by atoms with Gasteiger partial charge in [-0.2, -0.15) is 0 Å². The van der Waals surface area contributed by atoms with E-state index in [0.29, 0.717) is 12.1 Å². The highest BCUT2D eigenvalue weighted by Crippen LogP contribution is 2.40. The third-order valence-corrected chi connectivity index (χ3v) is 3.91. The van der Waals surface area contributed by atoms with Crippen LogP contribution in [0.15, 0.2) is 30.3 Å². The van der Waals surface area contributed by atoms with Gasteiger partial charge in [-0.05, 0) is 37.8 Å². The topological polar surface area (TPSA) is 21.3 Å². The molecule has 3 rings (SSSR count). The fourth-order valence-electron chi connectivity index (χ4n) is 2.79. The van der Waals surface area contributed by atoms with Crippen molar-refractivity contribution in [2.24, 2.45) is 0 Å². The minimum absolute atomic E-state index is 0.524. The standard InChI is InChI=1S/C15H21NO/c1-2-5-12(6-3-1)14-11-15(14)16-9-8-13-7-4-10-17-13/h1-3,5-6,13-16H,4,7-11H2. The molecule has 17 heavy (non-hydrogen) atoms. The molecule has 0 spiro atoms. The van der Waals surface area contributed by atoms with E-state index >= 15 is 0 Å². The maximum Gasteiger partial charge on any atom is 0.0588 e. The summed E-state index contributed by atoms with van der Waals surface area (Å²) in [6.45, 7) is 2.08. The van der Waals surface area contributed by atoms with Gasteiger partial charge in [0.2, 0.25) is 0 Å². The van der Waals surface area contributed by atoms with Gasteiger partial charge in [0.05, 0.1) is 6.10 Å². The number of benzene rings is 1. The zero-order valence-corrected chi connectivity index (χ0v) is 10.3. The molecule has 2 heteroatoms. The summed E-state index contributed by atoms with van der Waals surface area (Å²) in [6, 6.07) is 11.6. The van der Waals surface area contributed by atoms with Gasteiger partial charge >= 0.3 is 0 Å². The van der Waals surface area contributed by atoms with Gasteiger partial charge < -0.3 is 10.1 Å². The second-order valence-electron chi connectivity index (χ2n) is 5.24. The van der Waals surface area contributed by atoms with Crippen molar-refractivity contribution < 1.29 is 4.74 Å². The van der Waals surface area contributed by atoms with Crippen molar-refractivity contribution in [3.8, 4) is 0 Å². The molecule has 0 aromatic heterocycles. The molecule has 3 unspecified atom stereocenters. The molecule has 1 saturated carbocycles. The molecule has 1 saturated heterocycles. The lowest BCUT2D eigenvalue weighted by atomic mass is 10.1. The van der Waals surface area contributed by atoms with Crippen LogP contribution in [0.3, 0.4) is 0 Å². The highest BCUT2D eigenvalue weighted by molar-refractivity contribution is 5.27. The Hall–Kier alpha value is -0.860. The van der Waals surface area contributed by atoms with Crippen LogP contribution in [-0.4, -0.2) is 25.3 Å². The first-order valence-electron chi connectivity index (χ1n) is 6.83. The Balaban J connectivity index is 1.38. The van der Waals surface area contributed by atoms with Gasteiger partial charge in [0.15, 0.2) is 0 Å². The van der Waals surface area contributed by atoms with Crippen molar-refractivity contribution in [1.29, 1.82) is 0 Å². The molecular formula is C15H21NO. The monoisotopic (exact) mass is 231 g/mol. The van der Waals surface area contributed by atoms with E-state index in [2.05, 4.69) is 35.6 Å². The molecule has 1 aromatic carbocycles. The van der Waals surface area contributed by atoms with Crippen LogP contribution in [0.1, 0.15) is 37.2 Å². The zero-order chi connectivity index (χ0) is 11.5. The van der Waals surface area contributed by atoms with E-state index < -0.39 is 0 Å². The van der Waals surface area contributed by atoms with Crippen LogP contribution in [0.25, 0.3) is 0 Å². The summed E-state index contributed by atoms with van der Waals surface area (Å²) in [5, 5.41) is 3.65. The fraction of sp³-hybridized carbons (Fsp3) is 0.600. The molecule has 0 bridgehead atoms. The van der Waals surface area contributed by atoms with Gasteiger partial charge in [-0.3, -0.25) is 0 Å². The Morgan fingerprint density at radius 3 is 2.88 bits per heavy atom. The minimum atomic E-state index is 0.524. The molecular weight excluding hydrogens is 210 g/mol. The Bertz CT molecular complexity index is 345. The van der Waals surface area contributed by atoms with Crippen LogP contribution in [-0.2, 0) is 4.74 Å². The number of hydrogen-bond donors (Lipinski definition) is 1. The number of nitrogens with one attached hydrogen (secondary N) is 1. The van der Waals surface area contributed by atoms with Crippen molar-refractivity contribution in [2.45, 2.75) is 43.7 Å². The van der Waals surface area contributed by atoms with Crippen LogP contribution < -0.4 is 5.32 Å². The molecule has 2 fully saturated rings. The van der Waals surface area contributed by atoms with Gasteiger partial charge in [-0.25, -0.2) is 0 Å². The second-order valence-corrected chi connectivity index (χ2v) is 5.24. The predicted molar refractivity (Wildman–Crippen MR) is 69.2 cm³/mol. The quantitative estimate of drug-likeness (QED) is 0.841. The molecule has 1 aliphatic carbocycles. The van der Waals surface area contributed by atoms with E-state index in [4.69, 9.17) is 4.74 Å². The van der Waals surface area contributed by atoms with Gasteiger partial charge in [-0.15, -0.1) is 0 Å². The Morgan fingerprint density at radius 1 is 1.24 bits per heavy atom. The van der Waals surface area contributed by atoms with Crippen molar-refractivity contribution in [2.75, 3.05) is 13.2 Å². The molecule has 2 aliphatic rings. The van der Waals surface area contributed by atoms with Gasteiger partial charge in [0.25, 0.3) is 0 Å². The SMILES string of the molecule is c1ccc(C2CC2NCCC2CCCO2)cc1. The van der Waals surface area contributed by atoms with Crippen LogP contribution in [0.5, 0.6) is 0 Å². The third-order valence-electron chi connectivity index (χ3n) is 3.91. The molecule has 2 nitrogen and oxygen atoms in total. The van der Waals surface area contributed by atoms with Crippen LogP contribution in [0, 0.1) is 0 Å². The summed E-state index contributed by atoms with van der Waals surface area (Å²) in [7, 11) is 0. The molecule has 1 N–H and O–H groups in total. The Labute approximate surface area is 103 Å². The fourth-order valence-corrected chi connectivity index (χ4v) is 2.79. The maximum absolute atomic E-state index is 5.63. The van der Waals surface area contributed by atoms with E-state index in [1.54, 1.807) is 0 Å². The van der Waals surface area contributed by atoms with Crippen LogP contribution >= 0.6 is 0 Å². The van der Waals surface area contributed by atoms with E-state index in [1.165, 1.54) is 31.2 Å². The van der Waals surface area contributed by atoms with Crippen molar-refractivity contribution >= 4 is 0 Å². The lowest BCUT2D eigenvalue weighted by Gasteiger charge is -2.09. The first-order valence-corrected chi connectivity index (χ1v) is 6.83. The van der Waals surface area contributed by atoms with Crippen LogP contribution in [0.4, 0.5) is 0 Å². The summed E-state index contributed by atoms with van der Waals surface area (Å²) in [4.78, 5) is 0. The summed E-state index contributed by atoms with van der Waals surface area (Å²) >= 11 is 0. The maximum atomic E-state index is 5.63. The Morgan fingerprint density at radius 2 is 2.12 bits per heavy atom. The van der Waals surface area contributed by atoms with Crippen molar-refractivity contribution in [3.63, 3.8) is 0 Å². The van der Waals surface area contributed by atoms with Gasteiger partial charge in [-0.1, -0.05) is 30.3 Å². The van der Waals surface area contributed by atoms with Crippen molar-refractivity contribution in [3.05, 3.63) is 35.9 Å². The van der Waals surface area contributed by atoms with E-state index in [1.807, 2.05) is 0 Å². The van der Waals surface area contributed by atoms with Crippen molar-refractivity contribution in [1.82, 2.24) is 5.32 Å². The smallest absolute Gasteiger partial charge is 0.0588 e. The summed E-state index contributed by atoms with van der Waals surface area (Å²) in [5.41, 5.74) is 1.49. The van der Waals surface area contributed by atoms with E-state index in [0.717, 1.165) is 19.1 Å². The number of rotatable bonds is 5. The highest BCUT2D eigenvalue weighted by Gasteiger charge is 2.37. The predicted octanol–water partition coefficient (Wildman–Crippen LogP) is 2.70. The molecule has 1 aromatic rings. The summed E-state index contributed by atoms with van der Waals surface area (Å²) in [6.07, 6.45) is 5.51. The summed E-state index contributed by atoms with van der Waals surface area (Å²) < 4.78 is 5.63. The van der Waals surface area contributed by atoms with Crippen LogP contribution in [0.2, 0.25) is 0 Å². The minimum Gasteiger partial charge on any atom is -0.378 e. The average Bonchev–Trinajstić information content (AvgIpc) is 2.95. The lowest BCUT2D eigenvalue weighted by Crippen LogP contribution is -2.23. The second kappa shape index (κ2) is 5.19. The van der Waals surface area contributed by atoms with Gasteiger partial charge in [0.1, 0.15) is 0 Å². The van der Waals surface area contributed by atoms with E-state index in [9.17, 15) is 0 Å². The summed E-state index contributed by atoms with van der Waals surface area (Å²) in [5.74, 6) is 0.751. The molecule has 1 aliphatic heterocycles. The average molecular weight is 231 g/mol. The zero-order valence-electron chi connectivity index (χ0n) is 10.3. The molecule has 3 atom stereocenters. The first-order chi connectivity index (χ1) is 8.43. The molecule has 92 valence electrons. The highest BCUT2D eigenvalue weighted by atomic mass is 16.5. The first kappa shape index (κ1) is 11.2. The Kier molecular flexibility index (Phi) is 3.44. The van der Waals surface area contributed by atoms with Gasteiger partial charge in [0, 0.05) is 18.6 Å². The number of ether oxygens (including phenoxy) is 1.